The highest BCUT2D eigenvalue weighted by molar-refractivity contribution is 6.18. The Kier molecular flexibility index (Phi) is 12.4. The van der Waals surface area contributed by atoms with E-state index in [0.29, 0.717) is 39.8 Å². The zero-order valence-electron chi connectivity index (χ0n) is 50.2. The molecule has 0 N–H and O–H groups in total. The van der Waals surface area contributed by atoms with Gasteiger partial charge in [-0.1, -0.05) is 231 Å². The molecule has 0 nitrogen and oxygen atoms in total. The Balaban J connectivity index is 0.862. The third kappa shape index (κ3) is 8.53. The van der Waals surface area contributed by atoms with Crippen molar-refractivity contribution in [3.05, 3.63) is 324 Å². The maximum absolute atomic E-state index is 17.3. The summed E-state index contributed by atoms with van der Waals surface area (Å²) in [5.74, 6) is -0.448. The SMILES string of the molecule is CC1(C(F)(F)F)c2cc3c(cc2C(C)(C(F)(F)F)c2cc4c(cc21)-c1cc(-c2ccc(-c5ccccc5)cc2)cc2c1[C@H]4CC(c1ccc(-c4ccccc4)cc1)=C2)-c1cc(-c2ccc(-c4ccccc4)cc2)cc2cc(-c4ccc(-c5ccccc5)cc4)cc-3c12. The first-order valence-electron chi connectivity index (χ1n) is 31.3. The lowest BCUT2D eigenvalue weighted by atomic mass is 9.56. The van der Waals surface area contributed by atoms with E-state index in [2.05, 4.69) is 158 Å². The second-order valence-electron chi connectivity index (χ2n) is 25.5. The molecule has 4 aliphatic rings. The molecular weight excluding hydrogens is 1150 g/mol. The molecule has 0 aromatic heterocycles. The third-order valence-electron chi connectivity index (χ3n) is 20.6. The number of halogens is 6. The maximum atomic E-state index is 17.3. The van der Waals surface area contributed by atoms with Crippen LogP contribution < -0.4 is 0 Å². The van der Waals surface area contributed by atoms with Crippen LogP contribution in [0, 0.1) is 0 Å². The summed E-state index contributed by atoms with van der Waals surface area (Å²) in [5, 5.41) is 1.61. The molecule has 0 saturated carbocycles. The Labute approximate surface area is 530 Å². The van der Waals surface area contributed by atoms with Crippen molar-refractivity contribution in [2.45, 2.75) is 49.4 Å². The number of benzene rings is 13. The fourth-order valence-electron chi connectivity index (χ4n) is 15.6. The van der Waals surface area contributed by atoms with Crippen LogP contribution in [-0.4, -0.2) is 12.4 Å². The number of hydrogen-bond donors (Lipinski definition) is 0. The van der Waals surface area contributed by atoms with Crippen molar-refractivity contribution >= 4 is 22.4 Å². The van der Waals surface area contributed by atoms with Crippen LogP contribution in [0.2, 0.25) is 0 Å². The van der Waals surface area contributed by atoms with E-state index >= 15 is 26.3 Å². The average molecular weight is 1200 g/mol. The van der Waals surface area contributed by atoms with Crippen molar-refractivity contribution < 1.29 is 26.3 Å². The lowest BCUT2D eigenvalue weighted by molar-refractivity contribution is -0.188. The van der Waals surface area contributed by atoms with E-state index in [1.807, 2.05) is 103 Å². The first-order chi connectivity index (χ1) is 44.6. The Bertz CT molecular complexity index is 5160. The molecule has 0 heterocycles. The summed E-state index contributed by atoms with van der Waals surface area (Å²) in [6.45, 7) is 2.23. The van der Waals surface area contributed by atoms with Crippen molar-refractivity contribution in [3.63, 3.8) is 0 Å². The minimum atomic E-state index is -5.06. The highest BCUT2D eigenvalue weighted by atomic mass is 19.4. The number of rotatable bonds is 8. The summed E-state index contributed by atoms with van der Waals surface area (Å²) in [7, 11) is 0. The molecule has 6 heteroatoms. The van der Waals surface area contributed by atoms with Gasteiger partial charge < -0.3 is 0 Å². The van der Waals surface area contributed by atoms with Crippen LogP contribution in [0.1, 0.15) is 70.7 Å². The minimum absolute atomic E-state index is 0.375. The lowest BCUT2D eigenvalue weighted by Crippen LogP contribution is -2.53. The average Bonchev–Trinajstić information content (AvgIpc) is 1.18. The number of allylic oxidation sites excluding steroid dienone is 1. The van der Waals surface area contributed by atoms with Gasteiger partial charge in [0, 0.05) is 5.92 Å². The minimum Gasteiger partial charge on any atom is -0.170 e. The fourth-order valence-corrected chi connectivity index (χ4v) is 15.6. The molecule has 0 fully saturated rings. The van der Waals surface area contributed by atoms with E-state index in [0.717, 1.165) is 130 Å². The van der Waals surface area contributed by atoms with Gasteiger partial charge in [-0.05, 0) is 247 Å². The zero-order valence-corrected chi connectivity index (χ0v) is 50.2. The third-order valence-corrected chi connectivity index (χ3v) is 20.6. The van der Waals surface area contributed by atoms with Gasteiger partial charge in [0.2, 0.25) is 0 Å². The van der Waals surface area contributed by atoms with Crippen LogP contribution in [0.25, 0.3) is 134 Å². The first-order valence-corrected chi connectivity index (χ1v) is 31.3. The summed E-state index contributed by atoms with van der Waals surface area (Å²) in [5.41, 5.74) is 14.1. The second-order valence-corrected chi connectivity index (χ2v) is 25.5. The van der Waals surface area contributed by atoms with Crippen molar-refractivity contribution in [1.29, 1.82) is 0 Å². The molecule has 13 aromatic rings. The van der Waals surface area contributed by atoms with Gasteiger partial charge >= 0.3 is 12.4 Å². The molecule has 2 unspecified atom stereocenters. The molecule has 92 heavy (non-hydrogen) atoms. The van der Waals surface area contributed by atoms with Crippen LogP contribution in [0.5, 0.6) is 0 Å². The molecule has 3 atom stereocenters. The summed E-state index contributed by atoms with van der Waals surface area (Å²) in [4.78, 5) is 0. The highest BCUT2D eigenvalue weighted by Gasteiger charge is 2.66. The second kappa shape index (κ2) is 20.5. The number of fused-ring (bicyclic) bond motifs is 8. The number of alkyl halides is 6. The number of hydrogen-bond acceptors (Lipinski definition) is 0. The van der Waals surface area contributed by atoms with Gasteiger partial charge in [0.25, 0.3) is 0 Å². The molecule has 442 valence electrons. The van der Waals surface area contributed by atoms with Gasteiger partial charge in [-0.3, -0.25) is 0 Å². The Morgan fingerprint density at radius 1 is 0.293 bits per heavy atom. The normalized spacial score (nSPS) is 17.3. The van der Waals surface area contributed by atoms with Crippen LogP contribution >= 0.6 is 0 Å². The molecule has 0 bridgehead atoms. The zero-order chi connectivity index (χ0) is 62.4. The largest absolute Gasteiger partial charge is 0.402 e. The van der Waals surface area contributed by atoms with Gasteiger partial charge in [0.05, 0.1) is 0 Å². The van der Waals surface area contributed by atoms with Gasteiger partial charge in [-0.2, -0.15) is 26.3 Å². The van der Waals surface area contributed by atoms with E-state index in [4.69, 9.17) is 0 Å². The standard InChI is InChI=1S/C86H56F6/c1-83(85(87,88)89)77-47-69-71(75-45-65(61-35-27-57(28-36-61)53-19-11-5-12-20-53)41-67-39-63(43-73(69)81(67)75)59-31-23-55(24-32-59)51-15-7-3-8-16-51)49-79(77)84(2,86(90,91)92)80-50-72-70(48-78(80)83)74-44-64(60-33-25-56(26-34-60)52-17-9-4-10-18-52)40-68-42-66(46-76(72)82(68)74)62-37-29-58(30-38-62)54-21-13-6-14-22-54/h3-45,47-50,76H,46H2,1-2H3/t76-,83?,84?/m0/s1. The van der Waals surface area contributed by atoms with Crippen molar-refractivity contribution in [2.75, 3.05) is 0 Å². The highest BCUT2D eigenvalue weighted by Crippen LogP contribution is 2.66. The van der Waals surface area contributed by atoms with Crippen molar-refractivity contribution in [3.8, 4) is 111 Å². The molecule has 0 amide bonds. The van der Waals surface area contributed by atoms with Crippen LogP contribution in [0.3, 0.4) is 0 Å². The molecule has 4 aliphatic carbocycles. The Hall–Kier alpha value is -10.6. The molecule has 17 rings (SSSR count). The molecule has 13 aromatic carbocycles. The quantitative estimate of drug-likeness (QED) is 0.133. The van der Waals surface area contributed by atoms with Gasteiger partial charge in [-0.25, -0.2) is 0 Å². The van der Waals surface area contributed by atoms with E-state index in [-0.39, 0.29) is 11.1 Å². The molecule has 0 spiro atoms. The monoisotopic (exact) mass is 1200 g/mol. The first kappa shape index (κ1) is 55.5. The Morgan fingerprint density at radius 2 is 0.598 bits per heavy atom. The van der Waals surface area contributed by atoms with Crippen LogP contribution in [0.15, 0.2) is 279 Å². The summed E-state index contributed by atoms with van der Waals surface area (Å²) < 4.78 is 104. The lowest BCUT2D eigenvalue weighted by Gasteiger charge is -2.48. The molecule has 0 saturated heterocycles. The van der Waals surface area contributed by atoms with Crippen molar-refractivity contribution in [2.24, 2.45) is 0 Å². The fraction of sp³-hybridized carbons (Fsp3) is 0.0930. The predicted molar refractivity (Wildman–Crippen MR) is 364 cm³/mol. The van der Waals surface area contributed by atoms with Crippen LogP contribution in [-0.2, 0) is 10.8 Å². The Morgan fingerprint density at radius 3 is 0.967 bits per heavy atom. The van der Waals surface area contributed by atoms with E-state index < -0.39 is 40.2 Å². The van der Waals surface area contributed by atoms with Crippen LogP contribution in [0.4, 0.5) is 26.3 Å². The summed E-state index contributed by atoms with van der Waals surface area (Å²) >= 11 is 0. The summed E-state index contributed by atoms with van der Waals surface area (Å²) in [6.07, 6.45) is -7.51. The topological polar surface area (TPSA) is 0 Å². The predicted octanol–water partition coefficient (Wildman–Crippen LogP) is 24.3. The van der Waals surface area contributed by atoms with Gasteiger partial charge in [0.1, 0.15) is 10.8 Å². The van der Waals surface area contributed by atoms with E-state index in [9.17, 15) is 0 Å². The molecule has 0 radical (unpaired) electrons. The smallest absolute Gasteiger partial charge is 0.170 e. The molecule has 0 aliphatic heterocycles. The molecular formula is C86H56F6. The van der Waals surface area contributed by atoms with Gasteiger partial charge in [0.15, 0.2) is 0 Å². The van der Waals surface area contributed by atoms with Crippen molar-refractivity contribution in [1.82, 2.24) is 0 Å². The van der Waals surface area contributed by atoms with Gasteiger partial charge in [-0.15, -0.1) is 0 Å². The summed E-state index contributed by atoms with van der Waals surface area (Å²) in [6, 6.07) is 91.8. The van der Waals surface area contributed by atoms with E-state index in [1.165, 1.54) is 24.3 Å². The maximum Gasteiger partial charge on any atom is 0.402 e. The van der Waals surface area contributed by atoms with E-state index in [1.54, 1.807) is 0 Å².